The van der Waals surface area contributed by atoms with Gasteiger partial charge in [-0.05, 0) is 14.1 Å². The van der Waals surface area contributed by atoms with Crippen LogP contribution < -0.4 is 5.32 Å². The molecule has 1 aromatic rings. The normalized spacial score (nSPS) is 10.9. The Balaban J connectivity index is 2.52. The molecular formula is C12H20N4O. The Morgan fingerprint density at radius 2 is 1.94 bits per heavy atom. The summed E-state index contributed by atoms with van der Waals surface area (Å²) in [7, 11) is 3.93. The molecule has 1 amide bonds. The number of nitrogens with zero attached hydrogens (tertiary/aromatic N) is 3. The van der Waals surface area contributed by atoms with Gasteiger partial charge in [0.1, 0.15) is 5.82 Å². The van der Waals surface area contributed by atoms with Crippen molar-refractivity contribution < 1.29 is 4.79 Å². The SMILES string of the molecule is CC(C)c1ncc(C(=O)NCCN(C)C)cn1. The van der Waals surface area contributed by atoms with Crippen LogP contribution in [0.1, 0.15) is 35.9 Å². The summed E-state index contributed by atoms with van der Waals surface area (Å²) in [5.74, 6) is 0.915. The molecule has 0 spiro atoms. The minimum absolute atomic E-state index is 0.123. The number of carbonyl (C=O) groups excluding carboxylic acids is 1. The first-order valence-electron chi connectivity index (χ1n) is 5.75. The van der Waals surface area contributed by atoms with Crippen LogP contribution in [0.25, 0.3) is 0 Å². The molecule has 1 heterocycles. The fraction of sp³-hybridized carbons (Fsp3) is 0.583. The van der Waals surface area contributed by atoms with Gasteiger partial charge in [-0.1, -0.05) is 13.8 Å². The van der Waals surface area contributed by atoms with Crippen LogP contribution in [0, 0.1) is 0 Å². The second-order valence-corrected chi connectivity index (χ2v) is 4.54. The molecule has 17 heavy (non-hydrogen) atoms. The lowest BCUT2D eigenvalue weighted by Crippen LogP contribution is -2.31. The Morgan fingerprint density at radius 1 is 1.35 bits per heavy atom. The highest BCUT2D eigenvalue weighted by atomic mass is 16.1. The zero-order valence-electron chi connectivity index (χ0n) is 10.9. The lowest BCUT2D eigenvalue weighted by atomic mass is 10.2. The van der Waals surface area contributed by atoms with E-state index in [2.05, 4.69) is 15.3 Å². The molecule has 5 nitrogen and oxygen atoms in total. The minimum atomic E-state index is -0.123. The highest BCUT2D eigenvalue weighted by Crippen LogP contribution is 2.07. The number of amides is 1. The number of hydrogen-bond acceptors (Lipinski definition) is 4. The second-order valence-electron chi connectivity index (χ2n) is 4.54. The highest BCUT2D eigenvalue weighted by molar-refractivity contribution is 5.93. The molecular weight excluding hydrogens is 216 g/mol. The van der Waals surface area contributed by atoms with Crippen molar-refractivity contribution in [2.24, 2.45) is 0 Å². The molecule has 1 rings (SSSR count). The standard InChI is InChI=1S/C12H20N4O/c1-9(2)11-14-7-10(8-15-11)12(17)13-5-6-16(3)4/h7-9H,5-6H2,1-4H3,(H,13,17). The number of aromatic nitrogens is 2. The van der Waals surface area contributed by atoms with E-state index in [4.69, 9.17) is 0 Å². The fourth-order valence-electron chi connectivity index (χ4n) is 1.25. The molecule has 0 atom stereocenters. The zero-order valence-corrected chi connectivity index (χ0v) is 10.9. The summed E-state index contributed by atoms with van der Waals surface area (Å²) in [5, 5.41) is 2.82. The number of likely N-dealkylation sites (N-methyl/N-ethyl adjacent to an activating group) is 1. The van der Waals surface area contributed by atoms with Crippen LogP contribution >= 0.6 is 0 Å². The summed E-state index contributed by atoms with van der Waals surface area (Å²) in [6, 6.07) is 0. The largest absolute Gasteiger partial charge is 0.351 e. The summed E-state index contributed by atoms with van der Waals surface area (Å²) in [5.41, 5.74) is 0.508. The molecule has 0 bridgehead atoms. The quantitative estimate of drug-likeness (QED) is 0.825. The maximum Gasteiger partial charge on any atom is 0.254 e. The van der Waals surface area contributed by atoms with E-state index in [0.29, 0.717) is 12.1 Å². The van der Waals surface area contributed by atoms with Crippen LogP contribution in [0.5, 0.6) is 0 Å². The zero-order chi connectivity index (χ0) is 12.8. The van der Waals surface area contributed by atoms with E-state index in [1.807, 2.05) is 32.8 Å². The average Bonchev–Trinajstić information content (AvgIpc) is 2.28. The first-order chi connectivity index (χ1) is 8.00. The molecule has 0 saturated carbocycles. The molecule has 0 radical (unpaired) electrons. The van der Waals surface area contributed by atoms with Gasteiger partial charge in [0.2, 0.25) is 0 Å². The van der Waals surface area contributed by atoms with E-state index in [0.717, 1.165) is 12.4 Å². The Morgan fingerprint density at radius 3 is 2.41 bits per heavy atom. The van der Waals surface area contributed by atoms with Gasteiger partial charge in [0.15, 0.2) is 0 Å². The second kappa shape index (κ2) is 6.30. The molecule has 0 unspecified atom stereocenters. The van der Waals surface area contributed by atoms with Gasteiger partial charge >= 0.3 is 0 Å². The first kappa shape index (κ1) is 13.6. The maximum absolute atomic E-state index is 11.7. The Labute approximate surface area is 102 Å². The number of hydrogen-bond donors (Lipinski definition) is 1. The summed E-state index contributed by atoms with van der Waals surface area (Å²) >= 11 is 0. The minimum Gasteiger partial charge on any atom is -0.351 e. The van der Waals surface area contributed by atoms with E-state index in [1.165, 1.54) is 0 Å². The van der Waals surface area contributed by atoms with Crippen LogP contribution in [0.4, 0.5) is 0 Å². The predicted octanol–water partition coefficient (Wildman–Crippen LogP) is 0.891. The van der Waals surface area contributed by atoms with Crippen LogP contribution in [-0.4, -0.2) is 48.0 Å². The van der Waals surface area contributed by atoms with Gasteiger partial charge in [-0.15, -0.1) is 0 Å². The topological polar surface area (TPSA) is 58.1 Å². The van der Waals surface area contributed by atoms with Gasteiger partial charge in [0.25, 0.3) is 5.91 Å². The lowest BCUT2D eigenvalue weighted by molar-refractivity contribution is 0.0950. The van der Waals surface area contributed by atoms with Crippen molar-refractivity contribution in [3.05, 3.63) is 23.8 Å². The van der Waals surface area contributed by atoms with Crippen molar-refractivity contribution in [2.75, 3.05) is 27.2 Å². The van der Waals surface area contributed by atoms with E-state index in [1.54, 1.807) is 12.4 Å². The summed E-state index contributed by atoms with van der Waals surface area (Å²) in [6.45, 7) is 5.48. The van der Waals surface area contributed by atoms with Crippen molar-refractivity contribution in [3.8, 4) is 0 Å². The third kappa shape index (κ3) is 4.48. The van der Waals surface area contributed by atoms with E-state index >= 15 is 0 Å². The van der Waals surface area contributed by atoms with E-state index < -0.39 is 0 Å². The predicted molar refractivity (Wildman–Crippen MR) is 67.0 cm³/mol. The van der Waals surface area contributed by atoms with Gasteiger partial charge in [0, 0.05) is 31.4 Å². The number of nitrogens with one attached hydrogen (secondary N) is 1. The number of rotatable bonds is 5. The van der Waals surface area contributed by atoms with Crippen LogP contribution in [0.2, 0.25) is 0 Å². The third-order valence-corrected chi connectivity index (χ3v) is 2.29. The Hall–Kier alpha value is -1.49. The van der Waals surface area contributed by atoms with Gasteiger partial charge < -0.3 is 10.2 Å². The van der Waals surface area contributed by atoms with Crippen molar-refractivity contribution in [1.29, 1.82) is 0 Å². The average molecular weight is 236 g/mol. The Bertz CT molecular complexity index is 359. The maximum atomic E-state index is 11.7. The van der Waals surface area contributed by atoms with Gasteiger partial charge in [-0.3, -0.25) is 4.79 Å². The van der Waals surface area contributed by atoms with E-state index in [-0.39, 0.29) is 11.8 Å². The smallest absolute Gasteiger partial charge is 0.254 e. The Kier molecular flexibility index (Phi) is 5.03. The highest BCUT2D eigenvalue weighted by Gasteiger charge is 2.08. The van der Waals surface area contributed by atoms with Gasteiger partial charge in [0.05, 0.1) is 5.56 Å². The van der Waals surface area contributed by atoms with E-state index in [9.17, 15) is 4.79 Å². The van der Waals surface area contributed by atoms with Gasteiger partial charge in [-0.2, -0.15) is 0 Å². The number of carbonyl (C=O) groups is 1. The summed E-state index contributed by atoms with van der Waals surface area (Å²) in [4.78, 5) is 22.0. The summed E-state index contributed by atoms with van der Waals surface area (Å²) in [6.07, 6.45) is 3.15. The van der Waals surface area contributed by atoms with Gasteiger partial charge in [-0.25, -0.2) is 9.97 Å². The molecule has 0 aromatic carbocycles. The van der Waals surface area contributed by atoms with Crippen LogP contribution in [-0.2, 0) is 0 Å². The fourth-order valence-corrected chi connectivity index (χ4v) is 1.25. The molecule has 1 aromatic heterocycles. The lowest BCUT2D eigenvalue weighted by Gasteiger charge is -2.10. The molecule has 0 aliphatic rings. The summed E-state index contributed by atoms with van der Waals surface area (Å²) < 4.78 is 0. The van der Waals surface area contributed by atoms with Crippen molar-refractivity contribution in [3.63, 3.8) is 0 Å². The van der Waals surface area contributed by atoms with Crippen LogP contribution in [0.3, 0.4) is 0 Å². The molecule has 1 N–H and O–H groups in total. The third-order valence-electron chi connectivity index (χ3n) is 2.29. The van der Waals surface area contributed by atoms with Crippen molar-refractivity contribution >= 4 is 5.91 Å². The van der Waals surface area contributed by atoms with Crippen LogP contribution in [0.15, 0.2) is 12.4 Å². The molecule has 0 aliphatic heterocycles. The van der Waals surface area contributed by atoms with Crippen molar-refractivity contribution in [1.82, 2.24) is 20.2 Å². The molecule has 5 heteroatoms. The molecule has 0 fully saturated rings. The first-order valence-corrected chi connectivity index (χ1v) is 5.75. The molecule has 0 aliphatic carbocycles. The van der Waals surface area contributed by atoms with Crippen molar-refractivity contribution in [2.45, 2.75) is 19.8 Å². The monoisotopic (exact) mass is 236 g/mol. The molecule has 94 valence electrons. The molecule has 0 saturated heterocycles.